The van der Waals surface area contributed by atoms with Crippen LogP contribution in [0.2, 0.25) is 0 Å². The first-order chi connectivity index (χ1) is 28.5. The third kappa shape index (κ3) is 5.43. The van der Waals surface area contributed by atoms with E-state index < -0.39 is 0 Å². The Hall–Kier alpha value is -7.36. The third-order valence-electron chi connectivity index (χ3n) is 12.0. The Morgan fingerprint density at radius 1 is 0.414 bits per heavy atom. The number of benzene rings is 9. The molecule has 0 atom stereocenters. The number of rotatable bonds is 6. The van der Waals surface area contributed by atoms with Crippen molar-refractivity contribution in [2.45, 2.75) is 19.3 Å². The molecule has 0 unspecified atom stereocenters. The second-order valence-corrected chi connectivity index (χ2v) is 15.8. The highest BCUT2D eigenvalue weighted by Gasteiger charge is 2.42. The summed E-state index contributed by atoms with van der Waals surface area (Å²) >= 11 is 0. The van der Waals surface area contributed by atoms with Gasteiger partial charge in [0.1, 0.15) is 0 Å². The Balaban J connectivity index is 0.951. The topological polar surface area (TPSA) is 15.7 Å². The van der Waals surface area contributed by atoms with Crippen LogP contribution >= 0.6 is 0 Å². The van der Waals surface area contributed by atoms with E-state index >= 15 is 0 Å². The molecule has 3 heteroatoms. The summed E-state index contributed by atoms with van der Waals surface area (Å²) in [5.74, 6) is 1.77. The maximum atomic E-state index is 7.03. The molecule has 3 nitrogen and oxygen atoms in total. The molecule has 0 radical (unpaired) electrons. The van der Waals surface area contributed by atoms with Crippen LogP contribution < -0.4 is 14.5 Å². The van der Waals surface area contributed by atoms with Crippen molar-refractivity contribution in [2.24, 2.45) is 0 Å². The van der Waals surface area contributed by atoms with Gasteiger partial charge in [-0.05, 0) is 92.9 Å². The fourth-order valence-electron chi connectivity index (χ4n) is 9.08. The van der Waals surface area contributed by atoms with Crippen molar-refractivity contribution in [1.82, 2.24) is 0 Å². The normalized spacial score (nSPS) is 13.2. The first-order valence-corrected chi connectivity index (χ1v) is 20.0. The van der Waals surface area contributed by atoms with Crippen molar-refractivity contribution in [3.05, 3.63) is 217 Å². The summed E-state index contributed by atoms with van der Waals surface area (Å²) in [5.41, 5.74) is 16.1. The molecule has 2 aliphatic rings. The third-order valence-corrected chi connectivity index (χ3v) is 12.0. The molecule has 276 valence electrons. The number of hydrogen-bond donors (Lipinski definition) is 0. The van der Waals surface area contributed by atoms with Gasteiger partial charge in [-0.2, -0.15) is 0 Å². The van der Waals surface area contributed by atoms with Crippen LogP contribution in [0.15, 0.2) is 206 Å². The average molecular weight is 745 g/mol. The zero-order valence-electron chi connectivity index (χ0n) is 32.4. The molecular formula is C55H40N2O. The molecule has 2 aliphatic heterocycles. The van der Waals surface area contributed by atoms with Crippen LogP contribution in [0, 0.1) is 0 Å². The van der Waals surface area contributed by atoms with Crippen LogP contribution in [0.25, 0.3) is 44.2 Å². The largest absolute Gasteiger partial charge is 0.452 e. The highest BCUT2D eigenvalue weighted by Crippen LogP contribution is 2.63. The molecule has 9 aromatic rings. The van der Waals surface area contributed by atoms with E-state index in [1.807, 2.05) is 0 Å². The number of para-hydroxylation sites is 2. The second-order valence-electron chi connectivity index (χ2n) is 15.8. The lowest BCUT2D eigenvalue weighted by molar-refractivity contribution is 0.474. The minimum absolute atomic E-state index is 0.209. The molecule has 0 fully saturated rings. The van der Waals surface area contributed by atoms with Gasteiger partial charge >= 0.3 is 0 Å². The molecule has 0 amide bonds. The summed E-state index contributed by atoms with van der Waals surface area (Å²) in [6, 6.07) is 74.1. The molecule has 0 N–H and O–H groups in total. The molecule has 9 aromatic carbocycles. The molecular weight excluding hydrogens is 705 g/mol. The van der Waals surface area contributed by atoms with Crippen LogP contribution in [-0.2, 0) is 5.41 Å². The molecule has 0 saturated heterocycles. The first-order valence-electron chi connectivity index (χ1n) is 20.0. The van der Waals surface area contributed by atoms with Crippen LogP contribution in [0.1, 0.15) is 25.0 Å². The van der Waals surface area contributed by atoms with Gasteiger partial charge in [-0.15, -0.1) is 0 Å². The number of hydrogen-bond acceptors (Lipinski definition) is 3. The van der Waals surface area contributed by atoms with E-state index in [1.54, 1.807) is 0 Å². The summed E-state index contributed by atoms with van der Waals surface area (Å²) in [4.78, 5) is 4.77. The number of ether oxygens (including phenoxy) is 1. The van der Waals surface area contributed by atoms with Crippen molar-refractivity contribution >= 4 is 44.9 Å². The zero-order valence-corrected chi connectivity index (χ0v) is 32.4. The number of fused-ring (bicyclic) bond motifs is 6. The van der Waals surface area contributed by atoms with Crippen LogP contribution in [0.4, 0.5) is 34.1 Å². The average Bonchev–Trinajstić information content (AvgIpc) is 3.29. The minimum Gasteiger partial charge on any atom is -0.452 e. The zero-order chi connectivity index (χ0) is 38.8. The lowest BCUT2D eigenvalue weighted by Gasteiger charge is -2.45. The Bertz CT molecular complexity index is 2970. The van der Waals surface area contributed by atoms with E-state index in [0.29, 0.717) is 0 Å². The Kier molecular flexibility index (Phi) is 7.84. The molecule has 58 heavy (non-hydrogen) atoms. The van der Waals surface area contributed by atoms with Gasteiger partial charge in [0.2, 0.25) is 0 Å². The van der Waals surface area contributed by atoms with E-state index in [0.717, 1.165) is 62.2 Å². The highest BCUT2D eigenvalue weighted by molar-refractivity contribution is 6.07. The van der Waals surface area contributed by atoms with Gasteiger partial charge < -0.3 is 14.5 Å². The maximum absolute atomic E-state index is 7.03. The molecule has 11 rings (SSSR count). The summed E-state index contributed by atoms with van der Waals surface area (Å²) in [7, 11) is 0. The monoisotopic (exact) mass is 744 g/mol. The fourth-order valence-corrected chi connectivity index (χ4v) is 9.08. The maximum Gasteiger partial charge on any atom is 0.159 e. The van der Waals surface area contributed by atoms with Crippen molar-refractivity contribution in [3.63, 3.8) is 0 Å². The predicted molar refractivity (Wildman–Crippen MR) is 242 cm³/mol. The molecule has 0 aromatic heterocycles. The quantitative estimate of drug-likeness (QED) is 0.169. The number of nitrogens with zero attached hydrogens (tertiary/aromatic N) is 2. The summed E-state index contributed by atoms with van der Waals surface area (Å²) < 4.78 is 7.03. The standard InChI is InChI=1S/C55H40N2O/c1-55(2)48-19-11-12-20-50(48)57-52-46-18-10-9-15-41(46)29-36-51(52)58-54-47(34-35-49(55)53(54)57)42-23-21-38(22-24-42)40-27-32-45(33-28-40)56(43-16-7-4-8-17-43)44-30-25-39(26-31-44)37-13-5-3-6-14-37/h3-36H,1-2H3. The van der Waals surface area contributed by atoms with Crippen molar-refractivity contribution in [3.8, 4) is 44.9 Å². The van der Waals surface area contributed by atoms with Gasteiger partial charge in [0.25, 0.3) is 0 Å². The van der Waals surface area contributed by atoms with Gasteiger partial charge in [0.05, 0.1) is 17.1 Å². The summed E-state index contributed by atoms with van der Waals surface area (Å²) in [6.07, 6.45) is 0. The van der Waals surface area contributed by atoms with E-state index in [1.165, 1.54) is 38.7 Å². The first kappa shape index (κ1) is 33.9. The van der Waals surface area contributed by atoms with Crippen molar-refractivity contribution in [1.29, 1.82) is 0 Å². The second kappa shape index (κ2) is 13.4. The smallest absolute Gasteiger partial charge is 0.159 e. The van der Waals surface area contributed by atoms with Crippen LogP contribution in [0.3, 0.4) is 0 Å². The predicted octanol–water partition coefficient (Wildman–Crippen LogP) is 15.5. The van der Waals surface area contributed by atoms with Gasteiger partial charge in [-0.25, -0.2) is 0 Å². The Morgan fingerprint density at radius 2 is 0.948 bits per heavy atom. The molecule has 0 saturated carbocycles. The van der Waals surface area contributed by atoms with Gasteiger partial charge in [-0.3, -0.25) is 0 Å². The van der Waals surface area contributed by atoms with Crippen LogP contribution in [-0.4, -0.2) is 0 Å². The SMILES string of the molecule is CC1(C)c2ccccc2N2c3c1ccc(-c1ccc(-c4ccc(N(c5ccccc5)c5ccc(-c6ccccc6)cc5)cc4)cc1)c3Oc1ccc3ccccc3c12. The van der Waals surface area contributed by atoms with Gasteiger partial charge in [-0.1, -0.05) is 172 Å². The molecule has 0 aliphatic carbocycles. The lowest BCUT2D eigenvalue weighted by atomic mass is 9.72. The molecule has 0 spiro atoms. The molecule has 0 bridgehead atoms. The Labute approximate surface area is 339 Å². The fraction of sp³-hybridized carbons (Fsp3) is 0.0545. The lowest BCUT2D eigenvalue weighted by Crippen LogP contribution is -2.32. The minimum atomic E-state index is -0.209. The van der Waals surface area contributed by atoms with E-state index in [4.69, 9.17) is 4.74 Å². The van der Waals surface area contributed by atoms with Crippen molar-refractivity contribution < 1.29 is 4.74 Å². The summed E-state index contributed by atoms with van der Waals surface area (Å²) in [5, 5.41) is 2.38. The number of anilines is 6. The van der Waals surface area contributed by atoms with E-state index in [-0.39, 0.29) is 5.41 Å². The van der Waals surface area contributed by atoms with Gasteiger partial charge in [0, 0.05) is 33.4 Å². The van der Waals surface area contributed by atoms with Gasteiger partial charge in [0.15, 0.2) is 11.5 Å². The van der Waals surface area contributed by atoms with E-state index in [2.05, 4.69) is 230 Å². The van der Waals surface area contributed by atoms with E-state index in [9.17, 15) is 0 Å². The van der Waals surface area contributed by atoms with Crippen molar-refractivity contribution in [2.75, 3.05) is 9.80 Å². The summed E-state index contributed by atoms with van der Waals surface area (Å²) in [6.45, 7) is 4.66. The Morgan fingerprint density at radius 3 is 1.64 bits per heavy atom. The van der Waals surface area contributed by atoms with Crippen LogP contribution in [0.5, 0.6) is 11.5 Å². The highest BCUT2D eigenvalue weighted by atomic mass is 16.5. The molecule has 2 heterocycles.